The van der Waals surface area contributed by atoms with E-state index in [4.69, 9.17) is 5.11 Å². The van der Waals surface area contributed by atoms with Gasteiger partial charge in [-0.05, 0) is 24.1 Å². The molecular formula is C15H14BrNO5. The molecule has 6 nitrogen and oxygen atoms in total. The Kier molecular flexibility index (Phi) is 4.37. The van der Waals surface area contributed by atoms with Crippen LogP contribution in [-0.4, -0.2) is 34.4 Å². The molecule has 0 fully saturated rings. The van der Waals surface area contributed by atoms with Crippen molar-refractivity contribution in [1.82, 2.24) is 5.32 Å². The average molecular weight is 368 g/mol. The molecule has 0 aliphatic heterocycles. The first-order valence-corrected chi connectivity index (χ1v) is 7.31. The van der Waals surface area contributed by atoms with E-state index < -0.39 is 41.5 Å². The topological polar surface area (TPSA) is 104 Å². The van der Waals surface area contributed by atoms with Gasteiger partial charge in [-0.2, -0.15) is 0 Å². The number of rotatable bonds is 3. The summed E-state index contributed by atoms with van der Waals surface area (Å²) in [5.41, 5.74) is 1.38. The molecular weight excluding hydrogens is 354 g/mol. The number of aliphatic hydroxyl groups excluding tert-OH is 1. The molecule has 1 atom stereocenters. The first-order valence-electron chi connectivity index (χ1n) is 6.52. The molecule has 1 aromatic rings. The number of aliphatic hydroxyl groups is 1. The van der Waals surface area contributed by atoms with E-state index in [-0.39, 0.29) is 0 Å². The molecule has 0 bridgehead atoms. The van der Waals surface area contributed by atoms with Crippen molar-refractivity contribution in [1.29, 1.82) is 0 Å². The number of carboxylic acid groups (broad SMARTS) is 1. The summed E-state index contributed by atoms with van der Waals surface area (Å²) in [6, 6.07) is 3.50. The van der Waals surface area contributed by atoms with Crippen molar-refractivity contribution in [3.8, 4) is 0 Å². The molecule has 116 valence electrons. The third kappa shape index (κ3) is 2.64. The van der Waals surface area contributed by atoms with Gasteiger partial charge in [-0.1, -0.05) is 28.9 Å². The molecule has 0 aromatic heterocycles. The van der Waals surface area contributed by atoms with Gasteiger partial charge in [0.15, 0.2) is 5.78 Å². The van der Waals surface area contributed by atoms with Crippen molar-refractivity contribution >= 4 is 39.3 Å². The van der Waals surface area contributed by atoms with Crippen LogP contribution in [0.3, 0.4) is 0 Å². The number of ketones is 1. The predicted octanol–water partition coefficient (Wildman–Crippen LogP) is 1.91. The summed E-state index contributed by atoms with van der Waals surface area (Å²) in [5, 5.41) is 21.1. The zero-order valence-electron chi connectivity index (χ0n) is 11.9. The number of hydrogen-bond donors (Lipinski definition) is 3. The Balaban J connectivity index is 2.57. The molecule has 0 saturated heterocycles. The van der Waals surface area contributed by atoms with E-state index in [9.17, 15) is 19.5 Å². The lowest BCUT2D eigenvalue weighted by Gasteiger charge is -2.25. The smallest absolute Gasteiger partial charge is 0.322 e. The number of hydrogen-bond acceptors (Lipinski definition) is 4. The van der Waals surface area contributed by atoms with Crippen molar-refractivity contribution in [3.05, 3.63) is 38.9 Å². The van der Waals surface area contributed by atoms with Gasteiger partial charge in [-0.3, -0.25) is 14.4 Å². The van der Waals surface area contributed by atoms with Crippen LogP contribution in [0.15, 0.2) is 22.2 Å². The number of fused-ring (bicyclic) bond motifs is 1. The van der Waals surface area contributed by atoms with Crippen molar-refractivity contribution in [2.75, 3.05) is 6.54 Å². The second-order valence-corrected chi connectivity index (χ2v) is 5.88. The largest absolute Gasteiger partial charge is 0.506 e. The maximum atomic E-state index is 12.3. The molecule has 22 heavy (non-hydrogen) atoms. The highest BCUT2D eigenvalue weighted by atomic mass is 79.9. The first kappa shape index (κ1) is 16.2. The van der Waals surface area contributed by atoms with E-state index in [1.165, 1.54) is 0 Å². The van der Waals surface area contributed by atoms with Crippen LogP contribution in [0, 0.1) is 6.92 Å². The third-order valence-electron chi connectivity index (χ3n) is 3.64. The number of Topliss-reactive ketones (excluding diaryl/α,β-unsaturated/α-hetero) is 1. The van der Waals surface area contributed by atoms with Gasteiger partial charge in [0, 0.05) is 16.0 Å². The summed E-state index contributed by atoms with van der Waals surface area (Å²) in [6.07, 6.45) is 0. The van der Waals surface area contributed by atoms with Crippen molar-refractivity contribution in [3.63, 3.8) is 0 Å². The maximum Gasteiger partial charge on any atom is 0.322 e. The molecule has 1 unspecified atom stereocenters. The van der Waals surface area contributed by atoms with E-state index >= 15 is 0 Å². The minimum absolute atomic E-state index is 0.401. The van der Waals surface area contributed by atoms with Gasteiger partial charge < -0.3 is 15.5 Å². The molecule has 0 heterocycles. The van der Waals surface area contributed by atoms with Gasteiger partial charge >= 0.3 is 5.97 Å². The first-order chi connectivity index (χ1) is 10.3. The highest BCUT2D eigenvalue weighted by Gasteiger charge is 2.36. The highest BCUT2D eigenvalue weighted by molar-refractivity contribution is 9.10. The molecule has 7 heteroatoms. The van der Waals surface area contributed by atoms with Crippen LogP contribution in [0.25, 0.3) is 5.76 Å². The Hall–Kier alpha value is -2.15. The lowest BCUT2D eigenvalue weighted by molar-refractivity contribution is -0.137. The average Bonchev–Trinajstić information content (AvgIpc) is 2.45. The fourth-order valence-electron chi connectivity index (χ4n) is 2.45. The number of aliphatic carboxylic acids is 1. The standard InChI is InChI=1S/C15H14BrNO5/c1-6-8-3-4-9(16)7(2)11(8)14(21)12(13(6)20)15(22)17-5-10(18)19/h3-4,6,21H,5H2,1-2H3,(H,17,22)(H,18,19). The number of nitrogens with one attached hydrogen (secondary N) is 1. The van der Waals surface area contributed by atoms with Crippen LogP contribution < -0.4 is 5.32 Å². The van der Waals surface area contributed by atoms with Crippen LogP contribution in [-0.2, 0) is 14.4 Å². The quantitative estimate of drug-likeness (QED) is 0.708. The molecule has 1 aromatic carbocycles. The molecule has 0 saturated carbocycles. The predicted molar refractivity (Wildman–Crippen MR) is 82.5 cm³/mol. The van der Waals surface area contributed by atoms with Crippen molar-refractivity contribution in [2.45, 2.75) is 19.8 Å². The Morgan fingerprint density at radius 1 is 1.36 bits per heavy atom. The van der Waals surface area contributed by atoms with E-state index in [0.29, 0.717) is 16.7 Å². The Morgan fingerprint density at radius 2 is 2.00 bits per heavy atom. The molecule has 1 amide bonds. The van der Waals surface area contributed by atoms with E-state index in [2.05, 4.69) is 21.2 Å². The highest BCUT2D eigenvalue weighted by Crippen LogP contribution is 2.39. The summed E-state index contributed by atoms with van der Waals surface area (Å²) in [6.45, 7) is 2.78. The SMILES string of the molecule is Cc1c(Br)ccc2c1C(O)=C(C(=O)NCC(=O)O)C(=O)C2C. The van der Waals surface area contributed by atoms with Gasteiger partial charge in [0.05, 0.1) is 0 Å². The van der Waals surface area contributed by atoms with E-state index in [1.807, 2.05) is 0 Å². The number of halogens is 1. The van der Waals surface area contributed by atoms with Gasteiger partial charge in [-0.15, -0.1) is 0 Å². The second-order valence-electron chi connectivity index (χ2n) is 5.02. The van der Waals surface area contributed by atoms with Gasteiger partial charge in [0.1, 0.15) is 17.9 Å². The fraction of sp³-hybridized carbons (Fsp3) is 0.267. The zero-order valence-corrected chi connectivity index (χ0v) is 13.5. The third-order valence-corrected chi connectivity index (χ3v) is 4.50. The van der Waals surface area contributed by atoms with Crippen LogP contribution in [0.1, 0.15) is 29.5 Å². The van der Waals surface area contributed by atoms with Gasteiger partial charge in [0.25, 0.3) is 5.91 Å². The summed E-state index contributed by atoms with van der Waals surface area (Å²) in [5.74, 6) is -3.66. The van der Waals surface area contributed by atoms with Crippen LogP contribution >= 0.6 is 15.9 Å². The summed E-state index contributed by atoms with van der Waals surface area (Å²) in [7, 11) is 0. The Labute approximate surface area is 135 Å². The minimum Gasteiger partial charge on any atom is -0.506 e. The van der Waals surface area contributed by atoms with E-state index in [1.54, 1.807) is 26.0 Å². The molecule has 1 aliphatic carbocycles. The Morgan fingerprint density at radius 3 is 2.59 bits per heavy atom. The van der Waals surface area contributed by atoms with Crippen LogP contribution in [0.5, 0.6) is 0 Å². The normalized spacial score (nSPS) is 17.2. The fourth-order valence-corrected chi connectivity index (χ4v) is 2.78. The summed E-state index contributed by atoms with van der Waals surface area (Å²) >= 11 is 3.35. The molecule has 0 radical (unpaired) electrons. The monoisotopic (exact) mass is 367 g/mol. The lowest BCUT2D eigenvalue weighted by atomic mass is 9.80. The van der Waals surface area contributed by atoms with Crippen molar-refractivity contribution in [2.24, 2.45) is 0 Å². The zero-order chi connectivity index (χ0) is 16.6. The van der Waals surface area contributed by atoms with Crippen LogP contribution in [0.4, 0.5) is 0 Å². The molecule has 2 rings (SSSR count). The van der Waals surface area contributed by atoms with Crippen LogP contribution in [0.2, 0.25) is 0 Å². The Bertz CT molecular complexity index is 723. The van der Waals surface area contributed by atoms with E-state index in [0.717, 1.165) is 4.47 Å². The number of carboxylic acids is 1. The molecule has 3 N–H and O–H groups in total. The minimum atomic E-state index is -1.23. The summed E-state index contributed by atoms with van der Waals surface area (Å²) in [4.78, 5) is 34.9. The number of carbonyl (C=O) groups is 3. The van der Waals surface area contributed by atoms with Gasteiger partial charge in [0.2, 0.25) is 0 Å². The number of carbonyl (C=O) groups excluding carboxylic acids is 2. The maximum absolute atomic E-state index is 12.3. The summed E-state index contributed by atoms with van der Waals surface area (Å²) < 4.78 is 0.740. The second kappa shape index (κ2) is 5.92. The lowest BCUT2D eigenvalue weighted by Crippen LogP contribution is -2.36. The van der Waals surface area contributed by atoms with Crippen molar-refractivity contribution < 1.29 is 24.6 Å². The molecule has 1 aliphatic rings. The van der Waals surface area contributed by atoms with Gasteiger partial charge in [-0.25, -0.2) is 0 Å². The number of amides is 1. The number of benzene rings is 1. The molecule has 0 spiro atoms.